The van der Waals surface area contributed by atoms with E-state index in [2.05, 4.69) is 133 Å². The third-order valence-electron chi connectivity index (χ3n) is 8.97. The largest absolute Gasteiger partial charge is 0.309 e. The Morgan fingerprint density at radius 2 is 1.55 bits per heavy atom. The van der Waals surface area contributed by atoms with Gasteiger partial charge in [-0.2, -0.15) is 0 Å². The van der Waals surface area contributed by atoms with Gasteiger partial charge in [-0.3, -0.25) is 0 Å². The van der Waals surface area contributed by atoms with E-state index >= 15 is 0 Å². The maximum Gasteiger partial charge on any atom is 0.0541 e. The van der Waals surface area contributed by atoms with E-state index in [1.165, 1.54) is 72.0 Å². The van der Waals surface area contributed by atoms with Crippen LogP contribution in [-0.2, 0) is 5.41 Å². The molecule has 0 bridgehead atoms. The van der Waals surface area contributed by atoms with E-state index in [1.807, 2.05) is 12.2 Å². The van der Waals surface area contributed by atoms with Crippen molar-refractivity contribution in [2.24, 2.45) is 0 Å². The molecule has 0 saturated heterocycles. The Bertz CT molecular complexity index is 2090. The van der Waals surface area contributed by atoms with Crippen molar-refractivity contribution in [3.05, 3.63) is 155 Å². The molecule has 3 aliphatic carbocycles. The lowest BCUT2D eigenvalue weighted by Crippen LogP contribution is -2.15. The fourth-order valence-corrected chi connectivity index (χ4v) is 6.94. The van der Waals surface area contributed by atoms with Crippen LogP contribution in [-0.4, -0.2) is 4.57 Å². The van der Waals surface area contributed by atoms with Gasteiger partial charge in [0, 0.05) is 21.9 Å². The SMILES string of the molecule is CC1(C)c2ccccc2-c2ccc(-n3c4ccccc4c4cc(C5=CC(C6=CC=C=C=C6)=CCC5)ccc43)cc21. The normalized spacial score (nSPS) is 16.6. The second kappa shape index (κ2) is 8.60. The summed E-state index contributed by atoms with van der Waals surface area (Å²) in [6, 6.07) is 31.8. The quantitative estimate of drug-likeness (QED) is 0.212. The maximum atomic E-state index is 3.10. The van der Waals surface area contributed by atoms with Crippen LogP contribution in [0.1, 0.15) is 43.4 Å². The van der Waals surface area contributed by atoms with Crippen LogP contribution in [0, 0.1) is 0 Å². The molecule has 1 nitrogen and oxygen atoms in total. The molecular formula is C39H29N. The first-order valence-electron chi connectivity index (χ1n) is 14.2. The highest BCUT2D eigenvalue weighted by atomic mass is 15.0. The van der Waals surface area contributed by atoms with Crippen molar-refractivity contribution in [3.8, 4) is 16.8 Å². The Balaban J connectivity index is 1.28. The number of allylic oxidation sites excluding steroid dienone is 8. The van der Waals surface area contributed by atoms with E-state index in [9.17, 15) is 0 Å². The molecule has 190 valence electrons. The minimum atomic E-state index is -0.0267. The molecule has 0 N–H and O–H groups in total. The zero-order valence-electron chi connectivity index (χ0n) is 22.8. The smallest absolute Gasteiger partial charge is 0.0541 e. The van der Waals surface area contributed by atoms with Crippen molar-refractivity contribution < 1.29 is 0 Å². The second-order valence-electron chi connectivity index (χ2n) is 11.6. The van der Waals surface area contributed by atoms with E-state index in [-0.39, 0.29) is 5.41 Å². The van der Waals surface area contributed by atoms with E-state index in [0.717, 1.165) is 12.8 Å². The number of hydrogen-bond donors (Lipinski definition) is 0. The summed E-state index contributed by atoms with van der Waals surface area (Å²) < 4.78 is 2.45. The molecule has 0 amide bonds. The molecule has 1 aromatic heterocycles. The zero-order chi connectivity index (χ0) is 26.8. The van der Waals surface area contributed by atoms with Crippen molar-refractivity contribution in [3.63, 3.8) is 0 Å². The summed E-state index contributed by atoms with van der Waals surface area (Å²) in [6.45, 7) is 4.71. The van der Waals surface area contributed by atoms with Crippen LogP contribution in [0.25, 0.3) is 44.2 Å². The summed E-state index contributed by atoms with van der Waals surface area (Å²) in [4.78, 5) is 0. The highest BCUT2D eigenvalue weighted by Crippen LogP contribution is 2.49. The van der Waals surface area contributed by atoms with Gasteiger partial charge >= 0.3 is 0 Å². The first-order valence-corrected chi connectivity index (χ1v) is 14.2. The Morgan fingerprint density at radius 1 is 0.725 bits per heavy atom. The van der Waals surface area contributed by atoms with Gasteiger partial charge in [0.15, 0.2) is 0 Å². The van der Waals surface area contributed by atoms with Crippen molar-refractivity contribution in [1.82, 2.24) is 4.57 Å². The van der Waals surface area contributed by atoms with E-state index < -0.39 is 0 Å². The van der Waals surface area contributed by atoms with Crippen LogP contribution in [0.5, 0.6) is 0 Å². The van der Waals surface area contributed by atoms with Crippen LogP contribution < -0.4 is 0 Å². The molecular weight excluding hydrogens is 482 g/mol. The van der Waals surface area contributed by atoms with E-state index in [0.29, 0.717) is 0 Å². The molecule has 3 aliphatic rings. The fourth-order valence-electron chi connectivity index (χ4n) is 6.94. The molecule has 1 heterocycles. The molecule has 0 radical (unpaired) electrons. The lowest BCUT2D eigenvalue weighted by molar-refractivity contribution is 0.660. The lowest BCUT2D eigenvalue weighted by Gasteiger charge is -2.22. The average molecular weight is 512 g/mol. The minimum Gasteiger partial charge on any atom is -0.309 e. The summed E-state index contributed by atoms with van der Waals surface area (Å²) >= 11 is 0. The number of para-hydroxylation sites is 1. The monoisotopic (exact) mass is 511 g/mol. The Labute approximate surface area is 235 Å². The van der Waals surface area contributed by atoms with Gasteiger partial charge in [-0.05, 0) is 106 Å². The van der Waals surface area contributed by atoms with Crippen LogP contribution in [0.3, 0.4) is 0 Å². The summed E-state index contributed by atoms with van der Waals surface area (Å²) in [6.07, 6.45) is 12.9. The predicted molar refractivity (Wildman–Crippen MR) is 168 cm³/mol. The van der Waals surface area contributed by atoms with Gasteiger partial charge < -0.3 is 4.57 Å². The second-order valence-corrected chi connectivity index (χ2v) is 11.6. The standard InChI is InChI=1S/C39H29N/c1-39(2)35-17-8-6-15-31(35)32-21-20-30(25-36(32)39)40-37-18-9-7-16-33(37)34-24-29(19-22-38(34)40)28-14-10-13-27(23-28)26-11-4-3-5-12-26/h4,6-9,11-13,15-25H,10,14H2,1-2H3. The number of fused-ring (bicyclic) bond motifs is 6. The fraction of sp³-hybridized carbons (Fsp3) is 0.128. The topological polar surface area (TPSA) is 4.93 Å². The molecule has 1 heteroatoms. The number of hydrogen-bond acceptors (Lipinski definition) is 0. The molecule has 0 unspecified atom stereocenters. The highest BCUT2D eigenvalue weighted by molar-refractivity contribution is 6.10. The minimum absolute atomic E-state index is 0.0267. The van der Waals surface area contributed by atoms with Crippen LogP contribution in [0.15, 0.2) is 138 Å². The molecule has 0 atom stereocenters. The van der Waals surface area contributed by atoms with Crippen molar-refractivity contribution in [2.75, 3.05) is 0 Å². The van der Waals surface area contributed by atoms with E-state index in [4.69, 9.17) is 0 Å². The van der Waals surface area contributed by atoms with Gasteiger partial charge in [-0.1, -0.05) is 92.1 Å². The summed E-state index contributed by atoms with van der Waals surface area (Å²) in [5, 5.41) is 2.60. The maximum absolute atomic E-state index is 3.10. The third-order valence-corrected chi connectivity index (χ3v) is 8.97. The zero-order valence-corrected chi connectivity index (χ0v) is 22.8. The third kappa shape index (κ3) is 3.36. The number of rotatable bonds is 3. The molecule has 0 spiro atoms. The Morgan fingerprint density at radius 3 is 2.45 bits per heavy atom. The van der Waals surface area contributed by atoms with Gasteiger partial charge in [0.1, 0.15) is 0 Å². The first kappa shape index (κ1) is 23.1. The van der Waals surface area contributed by atoms with Gasteiger partial charge in [0.2, 0.25) is 0 Å². The Hall–Kier alpha value is -4.80. The van der Waals surface area contributed by atoms with Crippen molar-refractivity contribution >= 4 is 27.4 Å². The van der Waals surface area contributed by atoms with Gasteiger partial charge in [0.05, 0.1) is 11.0 Å². The highest BCUT2D eigenvalue weighted by Gasteiger charge is 2.35. The summed E-state index contributed by atoms with van der Waals surface area (Å²) in [7, 11) is 0. The van der Waals surface area contributed by atoms with Crippen LogP contribution in [0.4, 0.5) is 0 Å². The number of nitrogens with zero attached hydrogens (tertiary/aromatic N) is 1. The molecule has 0 fully saturated rings. The molecule has 4 aromatic carbocycles. The molecule has 5 aromatic rings. The van der Waals surface area contributed by atoms with Gasteiger partial charge in [-0.15, -0.1) is 0 Å². The summed E-state index contributed by atoms with van der Waals surface area (Å²) in [5.41, 5.74) is 20.5. The lowest BCUT2D eigenvalue weighted by atomic mass is 9.82. The van der Waals surface area contributed by atoms with E-state index in [1.54, 1.807) is 0 Å². The van der Waals surface area contributed by atoms with Gasteiger partial charge in [0.25, 0.3) is 0 Å². The molecule has 40 heavy (non-hydrogen) atoms. The van der Waals surface area contributed by atoms with Crippen molar-refractivity contribution in [2.45, 2.75) is 32.1 Å². The summed E-state index contributed by atoms with van der Waals surface area (Å²) in [5.74, 6) is 0. The number of benzene rings is 4. The van der Waals surface area contributed by atoms with Gasteiger partial charge in [-0.25, -0.2) is 0 Å². The van der Waals surface area contributed by atoms with Crippen molar-refractivity contribution in [1.29, 1.82) is 0 Å². The average Bonchev–Trinajstić information content (AvgIpc) is 3.46. The molecule has 0 saturated carbocycles. The Kier molecular flexibility index (Phi) is 4.97. The number of aromatic nitrogens is 1. The predicted octanol–water partition coefficient (Wildman–Crippen LogP) is 10.00. The van der Waals surface area contributed by atoms with Crippen LogP contribution >= 0.6 is 0 Å². The van der Waals surface area contributed by atoms with Crippen LogP contribution in [0.2, 0.25) is 0 Å². The first-order chi connectivity index (χ1) is 19.6. The molecule has 0 aliphatic heterocycles. The molecule has 8 rings (SSSR count).